The van der Waals surface area contributed by atoms with Crippen LogP contribution in [0.3, 0.4) is 0 Å². The highest BCUT2D eigenvalue weighted by molar-refractivity contribution is 6.99. The summed E-state index contributed by atoms with van der Waals surface area (Å²) in [7, 11) is -2.67. The third-order valence-electron chi connectivity index (χ3n) is 6.91. The van der Waals surface area contributed by atoms with Gasteiger partial charge in [0.05, 0.1) is 12.7 Å². The van der Waals surface area contributed by atoms with Crippen molar-refractivity contribution in [2.75, 3.05) is 6.61 Å². The highest BCUT2D eigenvalue weighted by Gasteiger charge is 2.50. The van der Waals surface area contributed by atoms with Crippen LogP contribution < -0.4 is 10.4 Å². The second-order valence-corrected chi connectivity index (χ2v) is 14.7. The van der Waals surface area contributed by atoms with Gasteiger partial charge in [0.25, 0.3) is 8.32 Å². The molecule has 1 aliphatic heterocycles. The van der Waals surface area contributed by atoms with Crippen molar-refractivity contribution in [3.05, 3.63) is 60.7 Å². The molecule has 0 saturated carbocycles. The fourth-order valence-corrected chi connectivity index (χ4v) is 9.70. The minimum atomic E-state index is -2.67. The van der Waals surface area contributed by atoms with Gasteiger partial charge in [-0.1, -0.05) is 114 Å². The molecule has 0 radical (unpaired) electrons. The van der Waals surface area contributed by atoms with Crippen molar-refractivity contribution in [2.45, 2.75) is 96.3 Å². The van der Waals surface area contributed by atoms with E-state index in [1.165, 1.54) is 36.1 Å². The second-order valence-electron chi connectivity index (χ2n) is 10.4. The number of Topliss-reactive ketones (excluding diaryl/α,β-unsaturated/α-hetero) is 1. The van der Waals surface area contributed by atoms with Crippen LogP contribution in [0.4, 0.5) is 0 Å². The van der Waals surface area contributed by atoms with Gasteiger partial charge in [0, 0.05) is 6.42 Å². The smallest absolute Gasteiger partial charge is 0.261 e. The van der Waals surface area contributed by atoms with Gasteiger partial charge in [-0.15, -0.1) is 0 Å². The maximum atomic E-state index is 13.0. The van der Waals surface area contributed by atoms with E-state index in [1.54, 1.807) is 0 Å². The van der Waals surface area contributed by atoms with Gasteiger partial charge in [0.1, 0.15) is 6.10 Å². The van der Waals surface area contributed by atoms with Crippen molar-refractivity contribution in [1.82, 2.24) is 0 Å². The van der Waals surface area contributed by atoms with Gasteiger partial charge in [0.2, 0.25) is 0 Å². The van der Waals surface area contributed by atoms with Crippen LogP contribution in [-0.4, -0.2) is 32.9 Å². The van der Waals surface area contributed by atoms with E-state index in [1.807, 2.05) is 0 Å². The Morgan fingerprint density at radius 2 is 1.55 bits per heavy atom. The summed E-state index contributed by atoms with van der Waals surface area (Å²) in [4.78, 5) is 13.0. The molecule has 0 N–H and O–H groups in total. The molecular formula is C29H42O3Si. The van der Waals surface area contributed by atoms with Gasteiger partial charge < -0.3 is 9.16 Å². The van der Waals surface area contributed by atoms with Gasteiger partial charge in [-0.3, -0.25) is 4.79 Å². The lowest BCUT2D eigenvalue weighted by atomic mass is 10.0. The van der Waals surface area contributed by atoms with Crippen LogP contribution in [0.5, 0.6) is 0 Å². The maximum Gasteiger partial charge on any atom is 0.261 e. The molecule has 1 fully saturated rings. The first-order valence-corrected chi connectivity index (χ1v) is 14.7. The van der Waals surface area contributed by atoms with Gasteiger partial charge in [-0.25, -0.2) is 0 Å². The number of rotatable bonds is 10. The van der Waals surface area contributed by atoms with E-state index in [2.05, 4.69) is 88.4 Å². The normalized spacial score (nSPS) is 19.9. The Labute approximate surface area is 202 Å². The Morgan fingerprint density at radius 1 is 0.939 bits per heavy atom. The van der Waals surface area contributed by atoms with Crippen molar-refractivity contribution in [3.8, 4) is 0 Å². The highest BCUT2D eigenvalue weighted by Crippen LogP contribution is 2.37. The van der Waals surface area contributed by atoms with Crippen LogP contribution >= 0.6 is 0 Å². The third-order valence-corrected chi connectivity index (χ3v) is 11.9. The zero-order chi connectivity index (χ0) is 23.7. The summed E-state index contributed by atoms with van der Waals surface area (Å²) in [6.07, 6.45) is 8.17. The van der Waals surface area contributed by atoms with Gasteiger partial charge in [-0.2, -0.15) is 0 Å². The molecule has 1 saturated heterocycles. The molecule has 3 nitrogen and oxygen atoms in total. The average molecular weight is 467 g/mol. The Bertz CT molecular complexity index is 805. The molecule has 0 spiro atoms. The van der Waals surface area contributed by atoms with Gasteiger partial charge >= 0.3 is 0 Å². The summed E-state index contributed by atoms with van der Waals surface area (Å²) < 4.78 is 13.4. The molecule has 0 amide bonds. The molecule has 3 rings (SSSR count). The van der Waals surface area contributed by atoms with E-state index in [4.69, 9.17) is 9.16 Å². The summed E-state index contributed by atoms with van der Waals surface area (Å²) in [5.41, 5.74) is 0. The quantitative estimate of drug-likeness (QED) is 0.316. The highest BCUT2D eigenvalue weighted by atomic mass is 28.4. The summed E-state index contributed by atoms with van der Waals surface area (Å²) in [5.74, 6) is 0.198. The standard InChI is InChI=1S/C29H42O3Si/c1-5-6-7-10-16-24-17-15-22-27(30)28(32-24)23-31-33(29(2,3)4,25-18-11-8-12-19-25)26-20-13-9-14-21-26/h8-9,11-14,18-21,24,28H,5-7,10,15-17,22-23H2,1-4H3/t24-,28+/m0/s1. The molecule has 180 valence electrons. The summed E-state index contributed by atoms with van der Waals surface area (Å²) in [6.45, 7) is 9.37. The van der Waals surface area contributed by atoms with E-state index < -0.39 is 14.4 Å². The van der Waals surface area contributed by atoms with Crippen LogP contribution in [0.2, 0.25) is 5.04 Å². The Morgan fingerprint density at radius 3 is 2.09 bits per heavy atom. The van der Waals surface area contributed by atoms with Crippen LogP contribution in [0, 0.1) is 0 Å². The second kappa shape index (κ2) is 12.1. The molecule has 1 heterocycles. The number of carbonyl (C=O) groups is 1. The van der Waals surface area contributed by atoms with Crippen LogP contribution in [0.15, 0.2) is 60.7 Å². The number of hydrogen-bond acceptors (Lipinski definition) is 3. The largest absolute Gasteiger partial charge is 0.404 e. The molecular weight excluding hydrogens is 424 g/mol. The first-order chi connectivity index (χ1) is 15.9. The molecule has 4 heteroatoms. The van der Waals surface area contributed by atoms with Crippen molar-refractivity contribution in [1.29, 1.82) is 0 Å². The Balaban J connectivity index is 1.86. The fraction of sp³-hybridized carbons (Fsp3) is 0.552. The lowest BCUT2D eigenvalue weighted by Gasteiger charge is -2.43. The average Bonchev–Trinajstić information content (AvgIpc) is 2.98. The van der Waals surface area contributed by atoms with E-state index in [9.17, 15) is 4.79 Å². The number of benzene rings is 2. The molecule has 2 aromatic rings. The zero-order valence-electron chi connectivity index (χ0n) is 21.0. The first kappa shape index (κ1) is 25.9. The topological polar surface area (TPSA) is 35.5 Å². The summed E-state index contributed by atoms with van der Waals surface area (Å²) in [5, 5.41) is 2.37. The molecule has 0 aromatic heterocycles. The molecule has 2 atom stereocenters. The van der Waals surface area contributed by atoms with Gasteiger partial charge in [-0.05, 0) is 34.7 Å². The Kier molecular flexibility index (Phi) is 9.48. The van der Waals surface area contributed by atoms with E-state index in [0.29, 0.717) is 13.0 Å². The number of ether oxygens (including phenoxy) is 1. The summed E-state index contributed by atoms with van der Waals surface area (Å²) >= 11 is 0. The lowest BCUT2D eigenvalue weighted by Crippen LogP contribution is -2.67. The number of hydrogen-bond donors (Lipinski definition) is 0. The van der Waals surface area contributed by atoms with Crippen LogP contribution in [-0.2, 0) is 14.0 Å². The van der Waals surface area contributed by atoms with Crippen LogP contribution in [0.25, 0.3) is 0 Å². The van der Waals surface area contributed by atoms with Crippen LogP contribution in [0.1, 0.15) is 79.1 Å². The number of unbranched alkanes of at least 4 members (excludes halogenated alkanes) is 3. The molecule has 0 bridgehead atoms. The maximum absolute atomic E-state index is 13.0. The molecule has 0 unspecified atom stereocenters. The third kappa shape index (κ3) is 6.43. The van der Waals surface area contributed by atoms with E-state index in [0.717, 1.165) is 19.3 Å². The first-order valence-electron chi connectivity index (χ1n) is 12.8. The Hall–Kier alpha value is -1.75. The van der Waals surface area contributed by atoms with E-state index in [-0.39, 0.29) is 16.9 Å². The fourth-order valence-electron chi connectivity index (χ4n) is 5.15. The minimum Gasteiger partial charge on any atom is -0.404 e. The SMILES string of the molecule is CCCCCC[C@H]1CCCC(=O)[C@@H](CO[Si](c2ccccc2)(c2ccccc2)C(C)(C)C)O1. The summed E-state index contributed by atoms with van der Waals surface area (Å²) in [6, 6.07) is 21.2. The van der Waals surface area contributed by atoms with Crippen molar-refractivity contribution in [3.63, 3.8) is 0 Å². The predicted octanol–water partition coefficient (Wildman–Crippen LogP) is 6.04. The minimum absolute atomic E-state index is 0.108. The van der Waals surface area contributed by atoms with Crippen molar-refractivity contribution in [2.24, 2.45) is 0 Å². The molecule has 1 aliphatic rings. The number of ketones is 1. The van der Waals surface area contributed by atoms with Crippen molar-refractivity contribution >= 4 is 24.5 Å². The van der Waals surface area contributed by atoms with E-state index >= 15 is 0 Å². The molecule has 2 aromatic carbocycles. The molecule has 0 aliphatic carbocycles. The predicted molar refractivity (Wildman–Crippen MR) is 140 cm³/mol. The van der Waals surface area contributed by atoms with Crippen molar-refractivity contribution < 1.29 is 14.0 Å². The molecule has 33 heavy (non-hydrogen) atoms. The van der Waals surface area contributed by atoms with Gasteiger partial charge in [0.15, 0.2) is 5.78 Å². The zero-order valence-corrected chi connectivity index (χ0v) is 22.0. The monoisotopic (exact) mass is 466 g/mol. The number of carbonyl (C=O) groups excluding carboxylic acids is 1. The lowest BCUT2D eigenvalue weighted by molar-refractivity contribution is -0.134.